The number of fused-ring (bicyclic) bond motifs is 1. The average molecular weight is 374 g/mol. The molecule has 146 valence electrons. The molecule has 1 amide bonds. The number of benzene rings is 1. The van der Waals surface area contributed by atoms with Gasteiger partial charge in [0.15, 0.2) is 6.61 Å². The third kappa shape index (κ3) is 5.84. The molecule has 0 spiro atoms. The molecule has 27 heavy (non-hydrogen) atoms. The van der Waals surface area contributed by atoms with Crippen LogP contribution in [-0.4, -0.2) is 25.0 Å². The maximum absolute atomic E-state index is 12.3. The molecular formula is C20H24NO6-. The Labute approximate surface area is 157 Å². The van der Waals surface area contributed by atoms with E-state index in [1.54, 1.807) is 18.2 Å². The second-order valence-corrected chi connectivity index (χ2v) is 6.40. The number of carboxylic acids is 1. The van der Waals surface area contributed by atoms with Gasteiger partial charge in [-0.05, 0) is 37.5 Å². The van der Waals surface area contributed by atoms with E-state index >= 15 is 0 Å². The minimum absolute atomic E-state index is 0.347. The summed E-state index contributed by atoms with van der Waals surface area (Å²) in [6.45, 7) is 3.12. The van der Waals surface area contributed by atoms with Crippen LogP contribution in [0.5, 0.6) is 5.75 Å². The molecule has 1 heterocycles. The van der Waals surface area contributed by atoms with Crippen LogP contribution < -0.4 is 20.8 Å². The molecule has 1 aromatic carbocycles. The van der Waals surface area contributed by atoms with E-state index in [0.717, 1.165) is 36.6 Å². The molecule has 0 unspecified atom stereocenters. The van der Waals surface area contributed by atoms with E-state index in [9.17, 15) is 19.5 Å². The Hall–Kier alpha value is -2.83. The van der Waals surface area contributed by atoms with E-state index < -0.39 is 18.4 Å². The first-order chi connectivity index (χ1) is 12.9. The summed E-state index contributed by atoms with van der Waals surface area (Å²) in [5, 5.41) is 13.3. The number of carboxylic acid groups (broad SMARTS) is 1. The Kier molecular flexibility index (Phi) is 7.40. The van der Waals surface area contributed by atoms with Gasteiger partial charge >= 0.3 is 5.63 Å². The lowest BCUT2D eigenvalue weighted by Crippen LogP contribution is -2.39. The highest BCUT2D eigenvalue weighted by molar-refractivity contribution is 5.83. The summed E-state index contributed by atoms with van der Waals surface area (Å²) in [7, 11) is 0. The second kappa shape index (κ2) is 9.75. The molecule has 0 saturated heterocycles. The van der Waals surface area contributed by atoms with Crippen LogP contribution in [0.3, 0.4) is 0 Å². The number of amides is 1. The zero-order chi connectivity index (χ0) is 19.8. The largest absolute Gasteiger partial charge is 0.548 e. The minimum atomic E-state index is -1.38. The third-order valence-electron chi connectivity index (χ3n) is 4.34. The van der Waals surface area contributed by atoms with Crippen molar-refractivity contribution in [1.82, 2.24) is 5.32 Å². The lowest BCUT2D eigenvalue weighted by atomic mass is 10.0. The molecule has 2 rings (SSSR count). The standard InChI is InChI=1S/C20H25NO6/c1-3-4-5-6-7-16-13(2)15-9-8-14(10-17(15)27-20(16)25)26-12-18(22)21-11-19(23)24/h8-10H,3-7,11-12H2,1-2H3,(H,21,22)(H,23,24)/p-1. The fourth-order valence-corrected chi connectivity index (χ4v) is 2.85. The molecule has 0 radical (unpaired) electrons. The van der Waals surface area contributed by atoms with Crippen molar-refractivity contribution < 1.29 is 23.8 Å². The summed E-state index contributed by atoms with van der Waals surface area (Å²) >= 11 is 0. The predicted octanol–water partition coefficient (Wildman–Crippen LogP) is 1.47. The molecule has 7 heteroatoms. The van der Waals surface area contributed by atoms with Crippen molar-refractivity contribution in [3.05, 3.63) is 39.7 Å². The third-order valence-corrected chi connectivity index (χ3v) is 4.34. The number of rotatable bonds is 10. The van der Waals surface area contributed by atoms with E-state index in [1.165, 1.54) is 0 Å². The van der Waals surface area contributed by atoms with E-state index in [0.29, 0.717) is 23.3 Å². The van der Waals surface area contributed by atoms with E-state index in [-0.39, 0.29) is 12.2 Å². The van der Waals surface area contributed by atoms with Gasteiger partial charge in [-0.1, -0.05) is 26.2 Å². The molecule has 0 saturated carbocycles. The fraction of sp³-hybridized carbons (Fsp3) is 0.450. The van der Waals surface area contributed by atoms with Gasteiger partial charge in [-0.25, -0.2) is 4.79 Å². The number of nitrogens with one attached hydrogen (secondary N) is 1. The molecular weight excluding hydrogens is 350 g/mol. The van der Waals surface area contributed by atoms with Gasteiger partial charge in [0.1, 0.15) is 11.3 Å². The van der Waals surface area contributed by atoms with Gasteiger partial charge in [0.05, 0.1) is 12.5 Å². The molecule has 1 N–H and O–H groups in total. The lowest BCUT2D eigenvalue weighted by molar-refractivity contribution is -0.304. The molecule has 1 aromatic heterocycles. The van der Waals surface area contributed by atoms with Crippen molar-refractivity contribution >= 4 is 22.8 Å². The topological polar surface area (TPSA) is 109 Å². The fourth-order valence-electron chi connectivity index (χ4n) is 2.85. The SMILES string of the molecule is CCCCCCc1c(C)c2ccc(OCC(=O)NCC(=O)[O-])cc2oc1=O. The van der Waals surface area contributed by atoms with Crippen molar-refractivity contribution in [1.29, 1.82) is 0 Å². The van der Waals surface area contributed by atoms with E-state index in [2.05, 4.69) is 12.2 Å². The van der Waals surface area contributed by atoms with Gasteiger partial charge < -0.3 is 24.4 Å². The molecule has 0 fully saturated rings. The number of unbranched alkanes of at least 4 members (excludes halogenated alkanes) is 3. The van der Waals surface area contributed by atoms with Gasteiger partial charge in [0, 0.05) is 17.0 Å². The first kappa shape index (κ1) is 20.5. The van der Waals surface area contributed by atoms with Crippen LogP contribution in [0.4, 0.5) is 0 Å². The van der Waals surface area contributed by atoms with Crippen molar-refractivity contribution in [3.8, 4) is 5.75 Å². The van der Waals surface area contributed by atoms with Crippen LogP contribution in [0.2, 0.25) is 0 Å². The summed E-state index contributed by atoms with van der Waals surface area (Å²) in [6, 6.07) is 5.02. The summed E-state index contributed by atoms with van der Waals surface area (Å²) in [5.74, 6) is -1.61. The number of hydrogen-bond acceptors (Lipinski definition) is 6. The first-order valence-electron chi connectivity index (χ1n) is 9.08. The first-order valence-corrected chi connectivity index (χ1v) is 9.08. The van der Waals surface area contributed by atoms with Gasteiger partial charge in [-0.2, -0.15) is 0 Å². The highest BCUT2D eigenvalue weighted by Gasteiger charge is 2.12. The summed E-state index contributed by atoms with van der Waals surface area (Å²) in [6.07, 6.45) is 5.02. The molecule has 0 aliphatic heterocycles. The van der Waals surface area contributed by atoms with Crippen LogP contribution in [0.15, 0.2) is 27.4 Å². The van der Waals surface area contributed by atoms with Crippen LogP contribution in [0.25, 0.3) is 11.0 Å². The Morgan fingerprint density at radius 3 is 2.70 bits per heavy atom. The van der Waals surface area contributed by atoms with Crippen molar-refractivity contribution in [2.45, 2.75) is 46.0 Å². The number of aryl methyl sites for hydroxylation is 1. The summed E-state index contributed by atoms with van der Waals surface area (Å²) in [5.41, 5.74) is 1.65. The minimum Gasteiger partial charge on any atom is -0.548 e. The van der Waals surface area contributed by atoms with Crippen LogP contribution in [0.1, 0.15) is 43.7 Å². The molecule has 0 aliphatic rings. The quantitative estimate of drug-likeness (QED) is 0.498. The zero-order valence-electron chi connectivity index (χ0n) is 15.6. The molecule has 0 atom stereocenters. The maximum Gasteiger partial charge on any atom is 0.339 e. The second-order valence-electron chi connectivity index (χ2n) is 6.40. The maximum atomic E-state index is 12.3. The Balaban J connectivity index is 2.10. The average Bonchev–Trinajstić information content (AvgIpc) is 2.63. The smallest absolute Gasteiger partial charge is 0.339 e. The van der Waals surface area contributed by atoms with Crippen LogP contribution >= 0.6 is 0 Å². The van der Waals surface area contributed by atoms with Gasteiger partial charge in [0.2, 0.25) is 0 Å². The molecule has 0 aliphatic carbocycles. The van der Waals surface area contributed by atoms with Crippen molar-refractivity contribution in [2.75, 3.05) is 13.2 Å². The number of carbonyl (C=O) groups excluding carboxylic acids is 2. The lowest BCUT2D eigenvalue weighted by Gasteiger charge is -2.10. The van der Waals surface area contributed by atoms with Gasteiger partial charge in [-0.15, -0.1) is 0 Å². The van der Waals surface area contributed by atoms with E-state index in [4.69, 9.17) is 9.15 Å². The van der Waals surface area contributed by atoms with Gasteiger partial charge in [-0.3, -0.25) is 4.79 Å². The Morgan fingerprint density at radius 2 is 2.00 bits per heavy atom. The summed E-state index contributed by atoms with van der Waals surface area (Å²) < 4.78 is 10.8. The predicted molar refractivity (Wildman–Crippen MR) is 98.6 cm³/mol. The monoisotopic (exact) mass is 374 g/mol. The number of aliphatic carboxylic acids is 1. The number of carbonyl (C=O) groups is 2. The molecule has 7 nitrogen and oxygen atoms in total. The van der Waals surface area contributed by atoms with Crippen molar-refractivity contribution in [3.63, 3.8) is 0 Å². The molecule has 2 aromatic rings. The van der Waals surface area contributed by atoms with Crippen LogP contribution in [0, 0.1) is 6.92 Å². The Bertz CT molecular complexity index is 871. The van der Waals surface area contributed by atoms with Crippen molar-refractivity contribution in [2.24, 2.45) is 0 Å². The zero-order valence-corrected chi connectivity index (χ0v) is 15.6. The summed E-state index contributed by atoms with van der Waals surface area (Å²) in [4.78, 5) is 34.1. The normalized spacial score (nSPS) is 10.7. The molecule has 0 bridgehead atoms. The van der Waals surface area contributed by atoms with Gasteiger partial charge in [0.25, 0.3) is 5.91 Å². The van der Waals surface area contributed by atoms with Crippen LogP contribution in [-0.2, 0) is 16.0 Å². The number of ether oxygens (including phenoxy) is 1. The highest BCUT2D eigenvalue weighted by Crippen LogP contribution is 2.25. The Morgan fingerprint density at radius 1 is 1.22 bits per heavy atom. The van der Waals surface area contributed by atoms with E-state index in [1.807, 2.05) is 6.92 Å². The highest BCUT2D eigenvalue weighted by atomic mass is 16.5. The number of hydrogen-bond donors (Lipinski definition) is 1.